The van der Waals surface area contributed by atoms with Crippen LogP contribution in [0.5, 0.6) is 0 Å². The molecule has 2 aliphatic heterocycles. The molecule has 46 heavy (non-hydrogen) atoms. The van der Waals surface area contributed by atoms with Crippen molar-refractivity contribution in [3.63, 3.8) is 0 Å². The molecule has 1 aliphatic carbocycles. The monoisotopic (exact) mass is 614 g/mol. The molecule has 3 nitrogen and oxygen atoms in total. The number of nitrogens with zero attached hydrogens (tertiary/aromatic N) is 1. The van der Waals surface area contributed by atoms with E-state index in [0.29, 0.717) is 6.61 Å². The Morgan fingerprint density at radius 1 is 0.761 bits per heavy atom. The van der Waals surface area contributed by atoms with Gasteiger partial charge in [0.25, 0.3) is 0 Å². The third-order valence-electron chi connectivity index (χ3n) is 10.9. The highest BCUT2D eigenvalue weighted by molar-refractivity contribution is 5.98. The molecule has 0 radical (unpaired) electrons. The predicted molar refractivity (Wildman–Crippen MR) is 191 cm³/mol. The first-order chi connectivity index (χ1) is 21.4. The lowest BCUT2D eigenvalue weighted by Gasteiger charge is -2.35. The lowest BCUT2D eigenvalue weighted by atomic mass is 9.77. The molecule has 0 amide bonds. The van der Waals surface area contributed by atoms with E-state index in [1.807, 2.05) is 0 Å². The largest absolute Gasteiger partial charge is 0.485 e. The molecular formula is C43H52NO2+. The van der Waals surface area contributed by atoms with Crippen LogP contribution in [0.3, 0.4) is 0 Å². The van der Waals surface area contributed by atoms with E-state index < -0.39 is 0 Å². The van der Waals surface area contributed by atoms with Gasteiger partial charge in [-0.2, -0.15) is 4.57 Å². The average Bonchev–Trinajstić information content (AvgIpc) is 3.10. The smallest absolute Gasteiger partial charge is 0.232 e. The van der Waals surface area contributed by atoms with E-state index in [1.165, 1.54) is 61.1 Å². The van der Waals surface area contributed by atoms with Gasteiger partial charge in [-0.3, -0.25) is 0 Å². The second kappa shape index (κ2) is 10.3. The van der Waals surface area contributed by atoms with Crippen LogP contribution < -0.4 is 4.57 Å². The SMILES string of the molecule is CC(C)(C)c1ccc2ccc3c(c2c1)C(C)(C)c1cc2c(cc1-3)C/C(=C1/COC(C(C)(C)C)CC(C(C)(C)C)O1)[n+]1ccccc1-2. The fourth-order valence-corrected chi connectivity index (χ4v) is 7.96. The third-order valence-corrected chi connectivity index (χ3v) is 10.9. The van der Waals surface area contributed by atoms with E-state index in [0.717, 1.165) is 18.6 Å². The Morgan fingerprint density at radius 3 is 2.17 bits per heavy atom. The van der Waals surface area contributed by atoms with Crippen LogP contribution in [0.1, 0.15) is 105 Å². The van der Waals surface area contributed by atoms with Gasteiger partial charge < -0.3 is 9.47 Å². The second-order valence-corrected chi connectivity index (χ2v) is 17.7. The quantitative estimate of drug-likeness (QED) is 0.184. The summed E-state index contributed by atoms with van der Waals surface area (Å²) in [4.78, 5) is 0. The van der Waals surface area contributed by atoms with Crippen LogP contribution in [0.15, 0.2) is 72.6 Å². The average molecular weight is 615 g/mol. The first-order valence-electron chi connectivity index (χ1n) is 17.2. The molecule has 0 bridgehead atoms. The van der Waals surface area contributed by atoms with Crippen LogP contribution in [-0.2, 0) is 26.7 Å². The van der Waals surface area contributed by atoms with E-state index in [4.69, 9.17) is 9.47 Å². The highest BCUT2D eigenvalue weighted by Crippen LogP contribution is 2.53. The van der Waals surface area contributed by atoms with Gasteiger partial charge in [-0.25, -0.2) is 0 Å². The minimum atomic E-state index is -0.117. The predicted octanol–water partition coefficient (Wildman–Crippen LogP) is 10.4. The molecule has 0 saturated carbocycles. The molecule has 7 rings (SSSR count). The van der Waals surface area contributed by atoms with Gasteiger partial charge in [-0.05, 0) is 78.6 Å². The summed E-state index contributed by atoms with van der Waals surface area (Å²) in [6, 6.07) is 23.3. The summed E-state index contributed by atoms with van der Waals surface area (Å²) in [5.74, 6) is 0.969. The van der Waals surface area contributed by atoms with Crippen LogP contribution in [0.25, 0.3) is 38.9 Å². The van der Waals surface area contributed by atoms with Gasteiger partial charge in [0.15, 0.2) is 12.0 Å². The summed E-state index contributed by atoms with van der Waals surface area (Å²) in [6.07, 6.45) is 4.09. The highest BCUT2D eigenvalue weighted by atomic mass is 16.6. The Kier molecular flexibility index (Phi) is 6.97. The lowest BCUT2D eigenvalue weighted by molar-refractivity contribution is -0.574. The molecule has 2 atom stereocenters. The normalized spacial score (nSPS) is 22.4. The maximum absolute atomic E-state index is 7.02. The molecule has 4 aromatic rings. The number of hydrogen-bond acceptors (Lipinski definition) is 2. The van der Waals surface area contributed by atoms with Crippen LogP contribution >= 0.6 is 0 Å². The number of fused-ring (bicyclic) bond motifs is 8. The van der Waals surface area contributed by atoms with E-state index in [-0.39, 0.29) is 33.9 Å². The topological polar surface area (TPSA) is 22.3 Å². The van der Waals surface area contributed by atoms with Gasteiger partial charge in [0.1, 0.15) is 12.7 Å². The molecular weight excluding hydrogens is 562 g/mol. The summed E-state index contributed by atoms with van der Waals surface area (Å²) >= 11 is 0. The van der Waals surface area contributed by atoms with Crippen molar-refractivity contribution in [2.45, 2.75) is 112 Å². The third kappa shape index (κ3) is 5.01. The standard InChI is InChI=1S/C43H52NO2/c1-40(2,3)28-17-15-26-16-18-29-32-20-27-21-35(36-25-45-37(41(4,5)6)24-38(46-36)42(7,8)9)44-19-13-12-14-34(44)30(27)23-33(32)43(10,11)39(29)31(26)22-28/h12-20,22-23,37-38H,21,24-25H2,1-11H3/q+1/b36-35+. The molecule has 3 aromatic carbocycles. The van der Waals surface area contributed by atoms with E-state index >= 15 is 0 Å². The summed E-state index contributed by atoms with van der Waals surface area (Å²) in [5.41, 5.74) is 12.1. The van der Waals surface area contributed by atoms with Gasteiger partial charge in [0.2, 0.25) is 11.4 Å². The van der Waals surface area contributed by atoms with Gasteiger partial charge in [-0.1, -0.05) is 106 Å². The van der Waals surface area contributed by atoms with Gasteiger partial charge in [-0.15, -0.1) is 0 Å². The van der Waals surface area contributed by atoms with Crippen LogP contribution in [0.4, 0.5) is 0 Å². The molecule has 3 heterocycles. The Bertz CT molecular complexity index is 1900. The zero-order valence-corrected chi connectivity index (χ0v) is 29.9. The van der Waals surface area contributed by atoms with E-state index in [9.17, 15) is 0 Å². The zero-order valence-electron chi connectivity index (χ0n) is 29.9. The van der Waals surface area contributed by atoms with Crippen molar-refractivity contribution in [1.29, 1.82) is 0 Å². The molecule has 0 spiro atoms. The Morgan fingerprint density at radius 2 is 1.48 bits per heavy atom. The minimum Gasteiger partial charge on any atom is -0.485 e. The Hall–Kier alpha value is -3.43. The van der Waals surface area contributed by atoms with Gasteiger partial charge in [0.05, 0.1) is 18.1 Å². The fourth-order valence-electron chi connectivity index (χ4n) is 7.96. The molecule has 2 unspecified atom stereocenters. The summed E-state index contributed by atoms with van der Waals surface area (Å²) in [6.45, 7) is 26.0. The highest BCUT2D eigenvalue weighted by Gasteiger charge is 2.43. The summed E-state index contributed by atoms with van der Waals surface area (Å²) in [5, 5.41) is 2.70. The second-order valence-electron chi connectivity index (χ2n) is 17.7. The zero-order chi connectivity index (χ0) is 33.0. The van der Waals surface area contributed by atoms with Crippen molar-refractivity contribution in [1.82, 2.24) is 0 Å². The number of hydrogen-bond donors (Lipinski definition) is 0. The Labute approximate surface area is 276 Å². The minimum absolute atomic E-state index is 0.00842. The summed E-state index contributed by atoms with van der Waals surface area (Å²) < 4.78 is 16.1. The van der Waals surface area contributed by atoms with E-state index in [1.54, 1.807) is 0 Å². The first-order valence-corrected chi connectivity index (χ1v) is 17.2. The fraction of sp³-hybridized carbons (Fsp3) is 0.465. The van der Waals surface area contributed by atoms with Crippen LogP contribution in [0, 0.1) is 10.8 Å². The van der Waals surface area contributed by atoms with Gasteiger partial charge in [0, 0.05) is 24.0 Å². The van der Waals surface area contributed by atoms with Crippen molar-refractivity contribution in [2.24, 2.45) is 10.8 Å². The molecule has 3 heteroatoms. The van der Waals surface area contributed by atoms with Crippen LogP contribution in [-0.4, -0.2) is 18.8 Å². The summed E-state index contributed by atoms with van der Waals surface area (Å²) in [7, 11) is 0. The van der Waals surface area contributed by atoms with Crippen molar-refractivity contribution < 1.29 is 14.0 Å². The lowest BCUT2D eigenvalue weighted by Crippen LogP contribution is -2.41. The van der Waals surface area contributed by atoms with Crippen molar-refractivity contribution in [2.75, 3.05) is 6.61 Å². The molecule has 1 aromatic heterocycles. The van der Waals surface area contributed by atoms with Crippen LogP contribution in [0.2, 0.25) is 0 Å². The number of allylic oxidation sites excluding steroid dienone is 1. The molecule has 0 N–H and O–H groups in total. The van der Waals surface area contributed by atoms with Gasteiger partial charge >= 0.3 is 0 Å². The van der Waals surface area contributed by atoms with Crippen molar-refractivity contribution in [3.05, 3.63) is 94.9 Å². The number of benzene rings is 3. The molecule has 3 aliphatic rings. The molecule has 1 saturated heterocycles. The molecule has 1 fully saturated rings. The first kappa shape index (κ1) is 31.2. The maximum Gasteiger partial charge on any atom is 0.232 e. The number of rotatable bonds is 0. The molecule has 240 valence electrons. The number of pyridine rings is 1. The van der Waals surface area contributed by atoms with Crippen molar-refractivity contribution >= 4 is 16.5 Å². The maximum atomic E-state index is 7.02. The van der Waals surface area contributed by atoms with E-state index in [2.05, 4.69) is 148 Å². The van der Waals surface area contributed by atoms with Crippen molar-refractivity contribution in [3.8, 4) is 22.4 Å². The Balaban J connectivity index is 1.40. The number of ether oxygens (including phenoxy) is 2. The number of aromatic nitrogens is 1.